The second kappa shape index (κ2) is 7.72. The molecule has 134 valence electrons. The highest BCUT2D eigenvalue weighted by atomic mass is 16.4. The lowest BCUT2D eigenvalue weighted by molar-refractivity contribution is -0.142. The van der Waals surface area contributed by atoms with Crippen molar-refractivity contribution in [2.45, 2.75) is 51.5 Å². The zero-order valence-electron chi connectivity index (χ0n) is 14.6. The van der Waals surface area contributed by atoms with Gasteiger partial charge in [0.25, 0.3) is 0 Å². The molecular formula is C20H26N2O3. The molecule has 1 fully saturated rings. The van der Waals surface area contributed by atoms with Crippen LogP contribution in [0.25, 0.3) is 10.9 Å². The number of nitrogens with one attached hydrogen (secondary N) is 2. The van der Waals surface area contributed by atoms with Gasteiger partial charge in [0.15, 0.2) is 0 Å². The van der Waals surface area contributed by atoms with Crippen LogP contribution >= 0.6 is 0 Å². The van der Waals surface area contributed by atoms with Crippen LogP contribution < -0.4 is 5.32 Å². The first kappa shape index (κ1) is 17.5. The molecule has 5 heteroatoms. The van der Waals surface area contributed by atoms with Gasteiger partial charge in [0.1, 0.15) is 6.04 Å². The summed E-state index contributed by atoms with van der Waals surface area (Å²) in [4.78, 5) is 27.1. The molecule has 1 aromatic carbocycles. The number of aromatic amines is 1. The van der Waals surface area contributed by atoms with E-state index in [4.69, 9.17) is 0 Å². The summed E-state index contributed by atoms with van der Waals surface area (Å²) in [5.74, 6) is -0.0960. The minimum atomic E-state index is -0.990. The Balaban J connectivity index is 1.63. The molecule has 1 aliphatic carbocycles. The first-order chi connectivity index (χ1) is 12.0. The first-order valence-corrected chi connectivity index (χ1v) is 9.10. The highest BCUT2D eigenvalue weighted by Gasteiger charge is 2.25. The van der Waals surface area contributed by atoms with Crippen molar-refractivity contribution in [1.82, 2.24) is 10.3 Å². The van der Waals surface area contributed by atoms with Crippen LogP contribution in [-0.4, -0.2) is 28.0 Å². The zero-order chi connectivity index (χ0) is 17.8. The van der Waals surface area contributed by atoms with Gasteiger partial charge in [-0.15, -0.1) is 0 Å². The minimum absolute atomic E-state index is 0.147. The van der Waals surface area contributed by atoms with E-state index in [2.05, 4.69) is 17.2 Å². The quantitative estimate of drug-likeness (QED) is 0.751. The summed E-state index contributed by atoms with van der Waals surface area (Å²) in [5.41, 5.74) is 1.89. The monoisotopic (exact) mass is 342 g/mol. The molecule has 0 aliphatic heterocycles. The summed E-state index contributed by atoms with van der Waals surface area (Å²) in [6, 6.07) is 6.89. The van der Waals surface area contributed by atoms with Gasteiger partial charge in [-0.05, 0) is 36.3 Å². The fraction of sp³-hybridized carbons (Fsp3) is 0.500. The van der Waals surface area contributed by atoms with Crippen LogP contribution in [0.2, 0.25) is 0 Å². The third-order valence-corrected chi connectivity index (χ3v) is 5.25. The molecule has 0 saturated heterocycles. The van der Waals surface area contributed by atoms with E-state index in [9.17, 15) is 14.7 Å². The van der Waals surface area contributed by atoms with E-state index in [1.165, 1.54) is 6.42 Å². The Morgan fingerprint density at radius 3 is 2.88 bits per heavy atom. The predicted molar refractivity (Wildman–Crippen MR) is 97.3 cm³/mol. The zero-order valence-corrected chi connectivity index (χ0v) is 14.6. The average Bonchev–Trinajstić information content (AvgIpc) is 2.97. The average molecular weight is 342 g/mol. The van der Waals surface area contributed by atoms with Crippen LogP contribution in [0.1, 0.15) is 44.6 Å². The molecule has 0 bridgehead atoms. The number of hydrogen-bond acceptors (Lipinski definition) is 2. The maximum atomic E-state index is 12.3. The summed E-state index contributed by atoms with van der Waals surface area (Å²) in [5, 5.41) is 13.2. The smallest absolute Gasteiger partial charge is 0.326 e. The number of aliphatic carboxylic acids is 1. The Bertz CT molecular complexity index is 752. The number of carboxylic acid groups (broad SMARTS) is 1. The molecule has 3 N–H and O–H groups in total. The normalized spacial score (nSPS) is 21.8. The van der Waals surface area contributed by atoms with Crippen molar-refractivity contribution in [2.24, 2.45) is 11.8 Å². The van der Waals surface area contributed by atoms with Gasteiger partial charge >= 0.3 is 5.97 Å². The van der Waals surface area contributed by atoms with Crippen LogP contribution in [0.15, 0.2) is 30.5 Å². The lowest BCUT2D eigenvalue weighted by atomic mass is 9.80. The highest BCUT2D eigenvalue weighted by Crippen LogP contribution is 2.30. The highest BCUT2D eigenvalue weighted by molar-refractivity contribution is 5.86. The molecule has 3 rings (SSSR count). The van der Waals surface area contributed by atoms with Gasteiger partial charge in [0, 0.05) is 29.9 Å². The first-order valence-electron chi connectivity index (χ1n) is 9.10. The second-order valence-electron chi connectivity index (χ2n) is 7.36. The molecule has 1 saturated carbocycles. The van der Waals surface area contributed by atoms with E-state index in [0.717, 1.165) is 35.7 Å². The van der Waals surface area contributed by atoms with Gasteiger partial charge in [-0.1, -0.05) is 38.0 Å². The molecule has 1 heterocycles. The number of carbonyl (C=O) groups excluding carboxylic acids is 1. The molecule has 3 atom stereocenters. The van der Waals surface area contributed by atoms with Gasteiger partial charge < -0.3 is 15.4 Å². The molecule has 3 unspecified atom stereocenters. The Kier molecular flexibility index (Phi) is 5.41. The molecule has 2 aromatic rings. The molecule has 1 amide bonds. The van der Waals surface area contributed by atoms with E-state index in [-0.39, 0.29) is 12.3 Å². The molecule has 1 aliphatic rings. The lowest BCUT2D eigenvalue weighted by Crippen LogP contribution is -2.43. The topological polar surface area (TPSA) is 82.2 Å². The van der Waals surface area contributed by atoms with Crippen molar-refractivity contribution in [3.05, 3.63) is 36.0 Å². The van der Waals surface area contributed by atoms with Crippen molar-refractivity contribution < 1.29 is 14.7 Å². The molecule has 5 nitrogen and oxygen atoms in total. The predicted octanol–water partition coefficient (Wildman–Crippen LogP) is 3.50. The Hall–Kier alpha value is -2.30. The molecular weight excluding hydrogens is 316 g/mol. The van der Waals surface area contributed by atoms with Crippen LogP contribution in [0.4, 0.5) is 0 Å². The van der Waals surface area contributed by atoms with E-state index < -0.39 is 12.0 Å². The van der Waals surface area contributed by atoms with Crippen LogP contribution in [-0.2, 0) is 16.0 Å². The van der Waals surface area contributed by atoms with Crippen molar-refractivity contribution in [3.8, 4) is 0 Å². The Morgan fingerprint density at radius 1 is 1.32 bits per heavy atom. The minimum Gasteiger partial charge on any atom is -0.480 e. The number of fused-ring (bicyclic) bond motifs is 1. The van der Waals surface area contributed by atoms with Crippen LogP contribution in [0.3, 0.4) is 0 Å². The number of para-hydroxylation sites is 1. The number of rotatable bonds is 6. The summed E-state index contributed by atoms with van der Waals surface area (Å²) in [6.07, 6.45) is 7.07. The number of carboxylic acids is 1. The van der Waals surface area contributed by atoms with Crippen LogP contribution in [0.5, 0.6) is 0 Å². The molecule has 0 spiro atoms. The number of hydrogen-bond donors (Lipinski definition) is 3. The molecule has 1 aromatic heterocycles. The second-order valence-corrected chi connectivity index (χ2v) is 7.36. The van der Waals surface area contributed by atoms with Gasteiger partial charge in [-0.2, -0.15) is 0 Å². The number of benzene rings is 1. The number of aromatic nitrogens is 1. The summed E-state index contributed by atoms with van der Waals surface area (Å²) < 4.78 is 0. The summed E-state index contributed by atoms with van der Waals surface area (Å²) in [6.45, 7) is 2.22. The van der Waals surface area contributed by atoms with Crippen molar-refractivity contribution >= 4 is 22.8 Å². The van der Waals surface area contributed by atoms with Gasteiger partial charge in [0.2, 0.25) is 5.91 Å². The van der Waals surface area contributed by atoms with Gasteiger partial charge in [0.05, 0.1) is 0 Å². The summed E-state index contributed by atoms with van der Waals surface area (Å²) in [7, 11) is 0. The van der Waals surface area contributed by atoms with E-state index in [0.29, 0.717) is 18.3 Å². The largest absolute Gasteiger partial charge is 0.480 e. The third-order valence-electron chi connectivity index (χ3n) is 5.25. The maximum Gasteiger partial charge on any atom is 0.326 e. The van der Waals surface area contributed by atoms with Crippen molar-refractivity contribution in [3.63, 3.8) is 0 Å². The van der Waals surface area contributed by atoms with Gasteiger partial charge in [-0.3, -0.25) is 4.79 Å². The standard InChI is InChI=1S/C20H26N2O3/c1-13-5-4-6-14(9-13)10-19(23)22-18(20(24)25)11-15-12-21-17-8-3-2-7-16(15)17/h2-3,7-8,12-14,18,21H,4-6,9-11H2,1H3,(H,22,23)(H,24,25). The van der Waals surface area contributed by atoms with Crippen molar-refractivity contribution in [1.29, 1.82) is 0 Å². The third kappa shape index (κ3) is 4.41. The number of amides is 1. The summed E-state index contributed by atoms with van der Waals surface area (Å²) >= 11 is 0. The maximum absolute atomic E-state index is 12.3. The molecule has 0 radical (unpaired) electrons. The van der Waals surface area contributed by atoms with E-state index >= 15 is 0 Å². The van der Waals surface area contributed by atoms with Crippen LogP contribution in [0, 0.1) is 11.8 Å². The van der Waals surface area contributed by atoms with Crippen molar-refractivity contribution in [2.75, 3.05) is 0 Å². The van der Waals surface area contributed by atoms with Gasteiger partial charge in [-0.25, -0.2) is 4.79 Å². The Labute approximate surface area is 147 Å². The molecule has 25 heavy (non-hydrogen) atoms. The SMILES string of the molecule is CC1CCCC(CC(=O)NC(Cc2c[nH]c3ccccc23)C(=O)O)C1. The Morgan fingerprint density at radius 2 is 2.12 bits per heavy atom. The number of H-pyrrole nitrogens is 1. The fourth-order valence-electron chi connectivity index (χ4n) is 3.98. The lowest BCUT2D eigenvalue weighted by Gasteiger charge is -2.26. The number of carbonyl (C=O) groups is 2. The fourth-order valence-corrected chi connectivity index (χ4v) is 3.98. The van der Waals surface area contributed by atoms with E-state index in [1.807, 2.05) is 30.5 Å². The van der Waals surface area contributed by atoms with E-state index in [1.54, 1.807) is 0 Å².